The molecule has 0 spiro atoms. The van der Waals surface area contributed by atoms with E-state index in [0.29, 0.717) is 0 Å². The summed E-state index contributed by atoms with van der Waals surface area (Å²) in [5.41, 5.74) is 0. The quantitative estimate of drug-likeness (QED) is 0.199. The standard InChI is InChI=1S/C21H44.C5H12/c1-4-7-9-11-13-14-16-18-20-21(6-3)19-17-15-12-10-8-5-2;1-3-5-4-2/h21H,4-20H2,1-3H3;3-5H2,1-2H3. The second kappa shape index (κ2) is 27.2. The molecule has 0 aliphatic heterocycles. The highest BCUT2D eigenvalue weighted by Crippen LogP contribution is 2.21. The van der Waals surface area contributed by atoms with Gasteiger partial charge in [0, 0.05) is 0 Å². The van der Waals surface area contributed by atoms with Crippen LogP contribution in [0.3, 0.4) is 0 Å². The summed E-state index contributed by atoms with van der Waals surface area (Å²) in [6.07, 6.45) is 28.9. The first-order valence-electron chi connectivity index (χ1n) is 12.8. The minimum atomic E-state index is 1.02. The Morgan fingerprint density at radius 3 is 0.923 bits per heavy atom. The number of rotatable bonds is 19. The van der Waals surface area contributed by atoms with Crippen LogP contribution in [0.4, 0.5) is 0 Å². The summed E-state index contributed by atoms with van der Waals surface area (Å²) in [7, 11) is 0. The van der Waals surface area contributed by atoms with Crippen molar-refractivity contribution in [3.05, 3.63) is 0 Å². The predicted octanol–water partition coefficient (Wildman–Crippen LogP) is 10.5. The molecule has 0 aliphatic rings. The van der Waals surface area contributed by atoms with Gasteiger partial charge in [-0.2, -0.15) is 0 Å². The summed E-state index contributed by atoms with van der Waals surface area (Å²) in [5, 5.41) is 0. The van der Waals surface area contributed by atoms with Crippen molar-refractivity contribution < 1.29 is 0 Å². The van der Waals surface area contributed by atoms with Gasteiger partial charge < -0.3 is 0 Å². The van der Waals surface area contributed by atoms with E-state index in [9.17, 15) is 0 Å². The zero-order valence-electron chi connectivity index (χ0n) is 19.7. The first-order chi connectivity index (χ1) is 12.8. The lowest BCUT2D eigenvalue weighted by Crippen LogP contribution is -1.99. The lowest BCUT2D eigenvalue weighted by molar-refractivity contribution is 0.392. The van der Waals surface area contributed by atoms with Crippen LogP contribution in [0.1, 0.15) is 163 Å². The minimum Gasteiger partial charge on any atom is -0.0654 e. The zero-order valence-corrected chi connectivity index (χ0v) is 19.7. The highest BCUT2D eigenvalue weighted by atomic mass is 14.1. The molecule has 0 heteroatoms. The first-order valence-corrected chi connectivity index (χ1v) is 12.8. The van der Waals surface area contributed by atoms with E-state index < -0.39 is 0 Å². The molecule has 0 amide bonds. The van der Waals surface area contributed by atoms with Crippen molar-refractivity contribution >= 4 is 0 Å². The average Bonchev–Trinajstić information content (AvgIpc) is 2.66. The third-order valence-electron chi connectivity index (χ3n) is 5.72. The molecule has 0 N–H and O–H groups in total. The maximum atomic E-state index is 2.40. The fraction of sp³-hybridized carbons (Fsp3) is 1.00. The normalized spacial score (nSPS) is 11.9. The molecule has 1 atom stereocenters. The monoisotopic (exact) mass is 368 g/mol. The number of hydrogen-bond donors (Lipinski definition) is 0. The van der Waals surface area contributed by atoms with Crippen molar-refractivity contribution in [3.8, 4) is 0 Å². The van der Waals surface area contributed by atoms with E-state index >= 15 is 0 Å². The molecule has 0 aromatic rings. The van der Waals surface area contributed by atoms with Crippen LogP contribution in [0.25, 0.3) is 0 Å². The molecule has 0 rings (SSSR count). The van der Waals surface area contributed by atoms with Crippen LogP contribution in [0, 0.1) is 5.92 Å². The molecular formula is C26H56. The Balaban J connectivity index is 0. The Labute approximate surface area is 169 Å². The van der Waals surface area contributed by atoms with Gasteiger partial charge in [-0.05, 0) is 5.92 Å². The molecule has 0 aromatic heterocycles. The first kappa shape index (κ1) is 28.2. The van der Waals surface area contributed by atoms with Crippen LogP contribution in [0.2, 0.25) is 0 Å². The summed E-state index contributed by atoms with van der Waals surface area (Å²) in [6, 6.07) is 0. The van der Waals surface area contributed by atoms with Crippen molar-refractivity contribution in [1.29, 1.82) is 0 Å². The van der Waals surface area contributed by atoms with E-state index in [0.717, 1.165) is 5.92 Å². The molecule has 160 valence electrons. The topological polar surface area (TPSA) is 0 Å². The highest BCUT2D eigenvalue weighted by Gasteiger charge is 2.05. The Kier molecular flexibility index (Phi) is 29.5. The number of unbranched alkanes of at least 4 members (excludes halogenated alkanes) is 14. The lowest BCUT2D eigenvalue weighted by atomic mass is 9.92. The molecule has 0 aromatic carbocycles. The molecule has 0 saturated carbocycles. The maximum absolute atomic E-state index is 2.40. The Morgan fingerprint density at radius 2 is 0.654 bits per heavy atom. The molecule has 0 radical (unpaired) electrons. The van der Waals surface area contributed by atoms with E-state index in [-0.39, 0.29) is 0 Å². The van der Waals surface area contributed by atoms with Gasteiger partial charge in [0.25, 0.3) is 0 Å². The van der Waals surface area contributed by atoms with Gasteiger partial charge in [-0.1, -0.05) is 163 Å². The molecule has 0 heterocycles. The van der Waals surface area contributed by atoms with E-state index in [4.69, 9.17) is 0 Å². The summed E-state index contributed by atoms with van der Waals surface area (Å²) >= 11 is 0. The van der Waals surface area contributed by atoms with Crippen LogP contribution in [0.15, 0.2) is 0 Å². The van der Waals surface area contributed by atoms with Gasteiger partial charge in [-0.15, -0.1) is 0 Å². The van der Waals surface area contributed by atoms with Gasteiger partial charge in [0.05, 0.1) is 0 Å². The fourth-order valence-electron chi connectivity index (χ4n) is 3.69. The second-order valence-corrected chi connectivity index (χ2v) is 8.45. The van der Waals surface area contributed by atoms with Crippen molar-refractivity contribution in [2.24, 2.45) is 5.92 Å². The third kappa shape index (κ3) is 26.2. The second-order valence-electron chi connectivity index (χ2n) is 8.45. The molecule has 0 bridgehead atoms. The van der Waals surface area contributed by atoms with E-state index in [2.05, 4.69) is 34.6 Å². The van der Waals surface area contributed by atoms with Crippen molar-refractivity contribution in [2.75, 3.05) is 0 Å². The van der Waals surface area contributed by atoms with Gasteiger partial charge in [0.15, 0.2) is 0 Å². The van der Waals surface area contributed by atoms with Gasteiger partial charge in [0.1, 0.15) is 0 Å². The van der Waals surface area contributed by atoms with Gasteiger partial charge in [0.2, 0.25) is 0 Å². The molecule has 0 fully saturated rings. The molecular weight excluding hydrogens is 312 g/mol. The maximum Gasteiger partial charge on any atom is -0.0417 e. The highest BCUT2D eigenvalue weighted by molar-refractivity contribution is 4.59. The van der Waals surface area contributed by atoms with Gasteiger partial charge >= 0.3 is 0 Å². The molecule has 0 saturated heterocycles. The molecule has 26 heavy (non-hydrogen) atoms. The largest absolute Gasteiger partial charge is 0.0654 e. The van der Waals surface area contributed by atoms with E-state index in [1.807, 2.05) is 0 Å². The SMILES string of the molecule is CCCCC.CCCCCCCCCCC(CC)CCCCCCCC. The van der Waals surface area contributed by atoms with Gasteiger partial charge in [-0.3, -0.25) is 0 Å². The number of hydrogen-bond acceptors (Lipinski definition) is 0. The Morgan fingerprint density at radius 1 is 0.346 bits per heavy atom. The Hall–Kier alpha value is 0. The third-order valence-corrected chi connectivity index (χ3v) is 5.72. The van der Waals surface area contributed by atoms with Crippen LogP contribution < -0.4 is 0 Å². The van der Waals surface area contributed by atoms with Crippen LogP contribution in [0.5, 0.6) is 0 Å². The molecule has 1 unspecified atom stereocenters. The van der Waals surface area contributed by atoms with Crippen molar-refractivity contribution in [2.45, 2.75) is 163 Å². The van der Waals surface area contributed by atoms with Crippen LogP contribution >= 0.6 is 0 Å². The van der Waals surface area contributed by atoms with Crippen LogP contribution in [-0.4, -0.2) is 0 Å². The summed E-state index contributed by atoms with van der Waals surface area (Å²) in [5.74, 6) is 1.02. The predicted molar refractivity (Wildman–Crippen MR) is 124 cm³/mol. The minimum absolute atomic E-state index is 1.02. The van der Waals surface area contributed by atoms with E-state index in [1.165, 1.54) is 128 Å². The van der Waals surface area contributed by atoms with Crippen molar-refractivity contribution in [3.63, 3.8) is 0 Å². The molecule has 0 nitrogen and oxygen atoms in total. The summed E-state index contributed by atoms with van der Waals surface area (Å²) in [6.45, 7) is 11.4. The van der Waals surface area contributed by atoms with Crippen LogP contribution in [-0.2, 0) is 0 Å². The van der Waals surface area contributed by atoms with Gasteiger partial charge in [-0.25, -0.2) is 0 Å². The average molecular weight is 369 g/mol. The van der Waals surface area contributed by atoms with Crippen molar-refractivity contribution in [1.82, 2.24) is 0 Å². The fourth-order valence-corrected chi connectivity index (χ4v) is 3.69. The molecule has 0 aliphatic carbocycles. The Bertz CT molecular complexity index is 206. The summed E-state index contributed by atoms with van der Waals surface area (Å²) < 4.78 is 0. The zero-order chi connectivity index (χ0) is 19.7. The smallest absolute Gasteiger partial charge is 0.0417 e. The van der Waals surface area contributed by atoms with E-state index in [1.54, 1.807) is 0 Å². The summed E-state index contributed by atoms with van der Waals surface area (Å²) in [4.78, 5) is 0. The lowest BCUT2D eigenvalue weighted by Gasteiger charge is -2.14.